The second-order valence-electron chi connectivity index (χ2n) is 13.4. The zero-order valence-electron chi connectivity index (χ0n) is 30.3. The summed E-state index contributed by atoms with van der Waals surface area (Å²) in [5.41, 5.74) is 15.7. The molecule has 4 heterocycles. The molecule has 0 aliphatic heterocycles. The minimum Gasteiger partial charge on any atom is -0.486 e. The van der Waals surface area contributed by atoms with E-state index >= 15 is 0 Å². The molecule has 9 aromatic rings. The molecule has 0 amide bonds. The van der Waals surface area contributed by atoms with Gasteiger partial charge in [-0.2, -0.15) is 0 Å². The Balaban J connectivity index is 0.000000174. The third-order valence-corrected chi connectivity index (χ3v) is 9.75. The number of hydrogen-bond acceptors (Lipinski definition) is 4. The second-order valence-corrected chi connectivity index (χ2v) is 13.4. The molecule has 53 heavy (non-hydrogen) atoms. The van der Waals surface area contributed by atoms with Gasteiger partial charge in [0, 0.05) is 43.6 Å². The summed E-state index contributed by atoms with van der Waals surface area (Å²) in [5, 5.41) is 4.51. The van der Waals surface area contributed by atoms with Crippen LogP contribution in [0.15, 0.2) is 138 Å². The van der Waals surface area contributed by atoms with Crippen molar-refractivity contribution in [2.24, 2.45) is 0 Å². The number of benzene rings is 5. The summed E-state index contributed by atoms with van der Waals surface area (Å²) < 4.78 is 6.17. The van der Waals surface area contributed by atoms with Crippen molar-refractivity contribution < 1.29 is 24.5 Å². The summed E-state index contributed by atoms with van der Waals surface area (Å²) in [4.78, 5) is 13.8. The minimum atomic E-state index is 0. The Hall–Kier alpha value is -5.74. The average molecular weight is 864 g/mol. The van der Waals surface area contributed by atoms with Gasteiger partial charge in [0.1, 0.15) is 0 Å². The van der Waals surface area contributed by atoms with Crippen LogP contribution in [0.5, 0.6) is 0 Å². The fraction of sp³-hybridized carbons (Fsp3) is 0.104. The van der Waals surface area contributed by atoms with E-state index in [2.05, 4.69) is 147 Å². The first kappa shape index (κ1) is 35.7. The van der Waals surface area contributed by atoms with E-state index in [0.29, 0.717) is 5.71 Å². The normalized spacial score (nSPS) is 11.0. The van der Waals surface area contributed by atoms with Gasteiger partial charge in [0.2, 0.25) is 5.71 Å². The number of aromatic nitrogens is 3. The number of furan rings is 1. The molecule has 1 radical (unpaired) electrons. The molecule has 9 rings (SSSR count). The van der Waals surface area contributed by atoms with E-state index < -0.39 is 0 Å². The molecule has 0 aliphatic carbocycles. The Bertz CT molecular complexity index is 2750. The zero-order chi connectivity index (χ0) is 35.8. The number of rotatable bonds is 4. The summed E-state index contributed by atoms with van der Waals surface area (Å²) in [6.07, 6.45) is 3.86. The predicted molar refractivity (Wildman–Crippen MR) is 214 cm³/mol. The third-order valence-electron chi connectivity index (χ3n) is 9.75. The zero-order valence-corrected chi connectivity index (χ0v) is 32.7. The van der Waals surface area contributed by atoms with Crippen molar-refractivity contribution in [3.05, 3.63) is 174 Å². The van der Waals surface area contributed by atoms with Crippen LogP contribution in [-0.2, 0) is 20.1 Å². The summed E-state index contributed by atoms with van der Waals surface area (Å²) >= 11 is 0. The van der Waals surface area contributed by atoms with Crippen LogP contribution in [0.1, 0.15) is 27.9 Å². The maximum atomic E-state index is 6.17. The first-order chi connectivity index (χ1) is 25.3. The van der Waals surface area contributed by atoms with Gasteiger partial charge in [-0.05, 0) is 95.9 Å². The fourth-order valence-corrected chi connectivity index (χ4v) is 6.65. The third kappa shape index (κ3) is 7.19. The number of aryl methyl sites for hydroxylation is 5. The molecular weight excluding hydrogens is 827 g/mol. The number of pyridine rings is 3. The molecule has 0 saturated heterocycles. The molecule has 5 aromatic carbocycles. The van der Waals surface area contributed by atoms with Crippen LogP contribution in [-0.4, -0.2) is 15.0 Å². The quantitative estimate of drug-likeness (QED) is 0.165. The van der Waals surface area contributed by atoms with Crippen molar-refractivity contribution in [2.45, 2.75) is 34.6 Å². The summed E-state index contributed by atoms with van der Waals surface area (Å²) in [5.74, 6) is 0. The van der Waals surface area contributed by atoms with Gasteiger partial charge >= 0.3 is 0 Å². The second kappa shape index (κ2) is 15.1. The topological polar surface area (TPSA) is 51.8 Å². The summed E-state index contributed by atoms with van der Waals surface area (Å²) in [6, 6.07) is 48.7. The average Bonchev–Trinajstić information content (AvgIpc) is 3.54. The van der Waals surface area contributed by atoms with Gasteiger partial charge in [-0.3, -0.25) is 0 Å². The van der Waals surface area contributed by atoms with E-state index in [4.69, 9.17) is 9.40 Å². The maximum absolute atomic E-state index is 6.17. The van der Waals surface area contributed by atoms with Gasteiger partial charge in [-0.1, -0.05) is 108 Å². The Morgan fingerprint density at radius 2 is 1.28 bits per heavy atom. The van der Waals surface area contributed by atoms with Gasteiger partial charge in [0.05, 0.1) is 5.58 Å². The van der Waals surface area contributed by atoms with Crippen LogP contribution in [0, 0.1) is 46.8 Å². The molecule has 0 saturated carbocycles. The van der Waals surface area contributed by atoms with Gasteiger partial charge in [0.15, 0.2) is 0 Å². The smallest absolute Gasteiger partial charge is 0.216 e. The van der Waals surface area contributed by atoms with Crippen LogP contribution in [0.3, 0.4) is 0 Å². The number of nitrogens with zero attached hydrogens (tertiary/aromatic N) is 3. The van der Waals surface area contributed by atoms with E-state index in [1.54, 1.807) is 0 Å². The molecule has 0 fully saturated rings. The van der Waals surface area contributed by atoms with Crippen LogP contribution < -0.4 is 0 Å². The van der Waals surface area contributed by atoms with Crippen molar-refractivity contribution >= 4 is 32.8 Å². The minimum absolute atomic E-state index is 0. The first-order valence-electron chi connectivity index (χ1n) is 17.5. The van der Waals surface area contributed by atoms with Crippen LogP contribution in [0.25, 0.3) is 77.6 Å². The predicted octanol–water partition coefficient (Wildman–Crippen LogP) is 12.4. The fourth-order valence-electron chi connectivity index (χ4n) is 6.65. The number of hydrogen-bond donors (Lipinski definition) is 0. The van der Waals surface area contributed by atoms with Crippen LogP contribution >= 0.6 is 0 Å². The molecule has 0 atom stereocenters. The van der Waals surface area contributed by atoms with Crippen molar-refractivity contribution in [2.75, 3.05) is 0 Å². The van der Waals surface area contributed by atoms with Crippen LogP contribution in [0.2, 0.25) is 0 Å². The Kier molecular flexibility index (Phi) is 10.1. The molecule has 261 valence electrons. The molecule has 4 nitrogen and oxygen atoms in total. The molecule has 0 bridgehead atoms. The summed E-state index contributed by atoms with van der Waals surface area (Å²) in [7, 11) is 0. The maximum Gasteiger partial charge on any atom is 0.216 e. The van der Waals surface area contributed by atoms with Gasteiger partial charge in [0.25, 0.3) is 0 Å². The molecule has 5 heteroatoms. The Morgan fingerprint density at radius 1 is 0.547 bits per heavy atom. The molecule has 0 N–H and O–H groups in total. The number of fused-ring (bicyclic) bond motifs is 4. The van der Waals surface area contributed by atoms with Crippen molar-refractivity contribution in [3.63, 3.8) is 0 Å². The molecule has 0 unspecified atom stereocenters. The van der Waals surface area contributed by atoms with E-state index in [0.717, 1.165) is 55.7 Å². The SMILES string of the molecule is Cc1ccc2c(n1)oc1c(-c3cc(-c4ccc5ccccc5c4)c(C)cn3)[c-]ccc12.Cc1cnc(-c2[c-]cc(C)c(-c3ccccc3)c2)cc1C.[Ir]. The van der Waals surface area contributed by atoms with E-state index in [1.165, 1.54) is 44.2 Å². The Labute approximate surface area is 324 Å². The monoisotopic (exact) mass is 864 g/mol. The standard InChI is InChI=1S/C28H19N2O.C20H18N.Ir/c1-17-16-29-26(15-25(17)21-12-11-19-6-3-4-7-20(19)14-21)24-9-5-8-22-23-13-10-18(2)30-28(23)31-27(22)24;1-14-9-10-18(20-11-15(2)16(3)13-21-20)12-19(14)17-7-5-4-6-8-17;/h3-8,10-16H,1-2H3;4-9,11-13H,1-3H3;/q2*-1;. The first-order valence-corrected chi connectivity index (χ1v) is 17.5. The van der Waals surface area contributed by atoms with Crippen molar-refractivity contribution in [1.82, 2.24) is 15.0 Å². The van der Waals surface area contributed by atoms with E-state index in [9.17, 15) is 0 Å². The molecular formula is C48H37IrN3O-2. The molecule has 0 aliphatic rings. The van der Waals surface area contributed by atoms with Crippen molar-refractivity contribution in [1.29, 1.82) is 0 Å². The summed E-state index contributed by atoms with van der Waals surface area (Å²) in [6.45, 7) is 10.4. The van der Waals surface area contributed by atoms with E-state index in [1.807, 2.05) is 43.6 Å². The van der Waals surface area contributed by atoms with Crippen molar-refractivity contribution in [3.8, 4) is 44.8 Å². The van der Waals surface area contributed by atoms with Gasteiger partial charge < -0.3 is 14.4 Å². The van der Waals surface area contributed by atoms with E-state index in [-0.39, 0.29) is 20.1 Å². The van der Waals surface area contributed by atoms with Crippen LogP contribution in [0.4, 0.5) is 0 Å². The molecule has 4 aromatic heterocycles. The Morgan fingerprint density at radius 3 is 2.09 bits per heavy atom. The molecule has 0 spiro atoms. The largest absolute Gasteiger partial charge is 0.486 e. The van der Waals surface area contributed by atoms with Gasteiger partial charge in [-0.15, -0.1) is 47.5 Å². The van der Waals surface area contributed by atoms with Gasteiger partial charge in [-0.25, -0.2) is 4.98 Å².